The second-order valence-electron chi connectivity index (χ2n) is 4.82. The SMILES string of the molecule is C[C@@H](CO)Nc1c2ccccc2[nH+]c2ccccc12. The van der Waals surface area contributed by atoms with Crippen molar-refractivity contribution in [1.82, 2.24) is 0 Å². The largest absolute Gasteiger partial charge is 0.394 e. The molecule has 0 aliphatic carbocycles. The zero-order chi connectivity index (χ0) is 13.2. The fourth-order valence-corrected chi connectivity index (χ4v) is 2.36. The third-order valence-corrected chi connectivity index (χ3v) is 3.33. The zero-order valence-corrected chi connectivity index (χ0v) is 10.9. The molecule has 3 rings (SSSR count). The number of hydrogen-bond acceptors (Lipinski definition) is 2. The van der Waals surface area contributed by atoms with Gasteiger partial charge in [0.1, 0.15) is 0 Å². The first-order valence-corrected chi connectivity index (χ1v) is 6.50. The van der Waals surface area contributed by atoms with Crippen LogP contribution in [0.3, 0.4) is 0 Å². The number of rotatable bonds is 3. The summed E-state index contributed by atoms with van der Waals surface area (Å²) in [6, 6.07) is 16.4. The number of pyridine rings is 1. The van der Waals surface area contributed by atoms with E-state index < -0.39 is 0 Å². The number of aromatic nitrogens is 1. The molecule has 0 bridgehead atoms. The summed E-state index contributed by atoms with van der Waals surface area (Å²) in [6.07, 6.45) is 0. The highest BCUT2D eigenvalue weighted by Crippen LogP contribution is 2.28. The first kappa shape index (κ1) is 11.9. The van der Waals surface area contributed by atoms with E-state index in [9.17, 15) is 5.11 Å². The molecule has 3 heteroatoms. The number of aliphatic hydroxyl groups excluding tert-OH is 1. The summed E-state index contributed by atoms with van der Waals surface area (Å²) in [5, 5.41) is 15.0. The third-order valence-electron chi connectivity index (χ3n) is 3.33. The molecule has 96 valence electrons. The Morgan fingerprint density at radius 3 is 2.05 bits per heavy atom. The maximum atomic E-state index is 9.27. The average Bonchev–Trinajstić information content (AvgIpc) is 2.46. The first-order valence-electron chi connectivity index (χ1n) is 6.50. The maximum Gasteiger partial charge on any atom is 0.213 e. The summed E-state index contributed by atoms with van der Waals surface area (Å²) in [5.74, 6) is 0. The molecule has 1 aromatic heterocycles. The van der Waals surface area contributed by atoms with E-state index >= 15 is 0 Å². The minimum absolute atomic E-state index is 0.0224. The predicted octanol–water partition coefficient (Wildman–Crippen LogP) is 2.60. The van der Waals surface area contributed by atoms with Crippen LogP contribution in [0.2, 0.25) is 0 Å². The lowest BCUT2D eigenvalue weighted by molar-refractivity contribution is -0.310. The molecule has 19 heavy (non-hydrogen) atoms. The van der Waals surface area contributed by atoms with E-state index in [2.05, 4.69) is 34.6 Å². The van der Waals surface area contributed by atoms with Gasteiger partial charge in [-0.05, 0) is 19.1 Å². The Kier molecular flexibility index (Phi) is 3.05. The average molecular weight is 253 g/mol. The first-order chi connectivity index (χ1) is 9.29. The highest BCUT2D eigenvalue weighted by Gasteiger charge is 2.14. The van der Waals surface area contributed by atoms with Crippen LogP contribution < -0.4 is 10.3 Å². The molecule has 1 heterocycles. The normalized spacial score (nSPS) is 12.7. The van der Waals surface area contributed by atoms with E-state index in [1.807, 2.05) is 31.2 Å². The number of nitrogens with one attached hydrogen (secondary N) is 2. The van der Waals surface area contributed by atoms with Crippen molar-refractivity contribution in [2.45, 2.75) is 13.0 Å². The molecule has 1 atom stereocenters. The fourth-order valence-electron chi connectivity index (χ4n) is 2.36. The van der Waals surface area contributed by atoms with Crippen LogP contribution in [-0.2, 0) is 0 Å². The number of anilines is 1. The molecule has 0 unspecified atom stereocenters. The van der Waals surface area contributed by atoms with E-state index in [4.69, 9.17) is 0 Å². The smallest absolute Gasteiger partial charge is 0.213 e. The molecule has 3 nitrogen and oxygen atoms in total. The molecule has 0 saturated carbocycles. The molecule has 0 amide bonds. The topological polar surface area (TPSA) is 46.4 Å². The predicted molar refractivity (Wildman–Crippen MR) is 78.2 cm³/mol. The van der Waals surface area contributed by atoms with Crippen molar-refractivity contribution < 1.29 is 10.1 Å². The molecule has 0 aliphatic heterocycles. The number of aliphatic hydroxyl groups is 1. The molecule has 0 aliphatic rings. The van der Waals surface area contributed by atoms with Gasteiger partial charge in [0.05, 0.1) is 23.1 Å². The number of aromatic amines is 1. The lowest BCUT2D eigenvalue weighted by atomic mass is 10.1. The van der Waals surface area contributed by atoms with Crippen molar-refractivity contribution in [1.29, 1.82) is 0 Å². The highest BCUT2D eigenvalue weighted by atomic mass is 16.3. The Morgan fingerprint density at radius 2 is 1.53 bits per heavy atom. The molecule has 2 aromatic carbocycles. The summed E-state index contributed by atoms with van der Waals surface area (Å²) in [4.78, 5) is 3.44. The van der Waals surface area contributed by atoms with Crippen LogP contribution in [0.25, 0.3) is 21.8 Å². The van der Waals surface area contributed by atoms with Crippen LogP contribution in [0, 0.1) is 0 Å². The van der Waals surface area contributed by atoms with Gasteiger partial charge in [0.15, 0.2) is 0 Å². The van der Waals surface area contributed by atoms with E-state index in [0.29, 0.717) is 0 Å². The number of para-hydroxylation sites is 2. The van der Waals surface area contributed by atoms with Crippen LogP contribution in [0.4, 0.5) is 5.69 Å². The van der Waals surface area contributed by atoms with Gasteiger partial charge in [-0.2, -0.15) is 0 Å². The molecule has 0 saturated heterocycles. The Balaban J connectivity index is 2.33. The standard InChI is InChI=1S/C16H16N2O/c1-11(10-19)17-16-12-6-2-4-8-14(12)18-15-9-5-3-7-13(15)16/h2-9,11,19H,10H2,1H3,(H,17,18)/p+1/t11-/m0/s1. The van der Waals surface area contributed by atoms with Crippen LogP contribution in [0.1, 0.15) is 6.92 Å². The Bertz CT molecular complexity index is 670. The summed E-state index contributed by atoms with van der Waals surface area (Å²) >= 11 is 0. The fraction of sp³-hybridized carbons (Fsp3) is 0.188. The number of fused-ring (bicyclic) bond motifs is 2. The minimum atomic E-state index is 0.0224. The second-order valence-corrected chi connectivity index (χ2v) is 4.82. The van der Waals surface area contributed by atoms with E-state index in [1.165, 1.54) is 0 Å². The molecule has 3 aromatic rings. The summed E-state index contributed by atoms with van der Waals surface area (Å²) in [6.45, 7) is 2.08. The lowest BCUT2D eigenvalue weighted by Crippen LogP contribution is -2.20. The van der Waals surface area contributed by atoms with Crippen LogP contribution in [-0.4, -0.2) is 17.8 Å². The quantitative estimate of drug-likeness (QED) is 0.705. The van der Waals surface area contributed by atoms with E-state index in [1.54, 1.807) is 0 Å². The van der Waals surface area contributed by atoms with Gasteiger partial charge >= 0.3 is 0 Å². The Labute approximate surface area is 111 Å². The van der Waals surface area contributed by atoms with Gasteiger partial charge in [-0.1, -0.05) is 24.3 Å². The van der Waals surface area contributed by atoms with Crippen molar-refractivity contribution in [2.75, 3.05) is 11.9 Å². The summed E-state index contributed by atoms with van der Waals surface area (Å²) in [5.41, 5.74) is 3.26. The van der Waals surface area contributed by atoms with Gasteiger partial charge in [-0.15, -0.1) is 0 Å². The van der Waals surface area contributed by atoms with Crippen molar-refractivity contribution in [2.24, 2.45) is 0 Å². The van der Waals surface area contributed by atoms with Gasteiger partial charge in [-0.25, -0.2) is 4.98 Å². The van der Waals surface area contributed by atoms with Gasteiger partial charge < -0.3 is 10.4 Å². The Morgan fingerprint density at radius 1 is 1.00 bits per heavy atom. The molecule has 0 fully saturated rings. The maximum absolute atomic E-state index is 9.27. The monoisotopic (exact) mass is 253 g/mol. The summed E-state index contributed by atoms with van der Waals surface area (Å²) < 4.78 is 0. The van der Waals surface area contributed by atoms with Crippen molar-refractivity contribution in [3.8, 4) is 0 Å². The summed E-state index contributed by atoms with van der Waals surface area (Å²) in [7, 11) is 0. The second kappa shape index (κ2) is 4.86. The number of H-pyrrole nitrogens is 1. The third kappa shape index (κ3) is 2.13. The molecular weight excluding hydrogens is 236 g/mol. The molecular formula is C16H17N2O+. The zero-order valence-electron chi connectivity index (χ0n) is 10.9. The Hall–Kier alpha value is -2.13. The van der Waals surface area contributed by atoms with Crippen LogP contribution in [0.15, 0.2) is 48.5 Å². The molecule has 0 radical (unpaired) electrons. The van der Waals surface area contributed by atoms with Crippen molar-refractivity contribution in [3.05, 3.63) is 48.5 Å². The lowest BCUT2D eigenvalue weighted by Gasteiger charge is -2.14. The minimum Gasteiger partial charge on any atom is -0.394 e. The van der Waals surface area contributed by atoms with Crippen LogP contribution >= 0.6 is 0 Å². The highest BCUT2D eigenvalue weighted by molar-refractivity contribution is 6.04. The van der Waals surface area contributed by atoms with Gasteiger partial charge in [0, 0.05) is 18.2 Å². The van der Waals surface area contributed by atoms with Crippen molar-refractivity contribution >= 4 is 27.5 Å². The number of hydrogen-bond donors (Lipinski definition) is 2. The van der Waals surface area contributed by atoms with Gasteiger partial charge in [0.25, 0.3) is 0 Å². The molecule has 3 N–H and O–H groups in total. The van der Waals surface area contributed by atoms with E-state index in [0.717, 1.165) is 27.5 Å². The van der Waals surface area contributed by atoms with Crippen molar-refractivity contribution in [3.63, 3.8) is 0 Å². The number of benzene rings is 2. The van der Waals surface area contributed by atoms with Gasteiger partial charge in [0.2, 0.25) is 11.0 Å². The van der Waals surface area contributed by atoms with E-state index in [-0.39, 0.29) is 12.6 Å². The molecule has 0 spiro atoms. The van der Waals surface area contributed by atoms with Gasteiger partial charge in [-0.3, -0.25) is 0 Å². The van der Waals surface area contributed by atoms with Crippen LogP contribution in [0.5, 0.6) is 0 Å².